The highest BCUT2D eigenvalue weighted by molar-refractivity contribution is 9.10. The molecule has 0 N–H and O–H groups in total. The fourth-order valence-electron chi connectivity index (χ4n) is 0.757. The molecule has 0 radical (unpaired) electrons. The third kappa shape index (κ3) is 2.13. The van der Waals surface area contributed by atoms with Gasteiger partial charge < -0.3 is 0 Å². The molecule has 0 unspecified atom stereocenters. The minimum absolute atomic E-state index is 0.234. The van der Waals surface area contributed by atoms with Crippen LogP contribution in [0, 0.1) is 11.3 Å². The van der Waals surface area contributed by atoms with Crippen molar-refractivity contribution in [2.24, 2.45) is 5.11 Å². The van der Waals surface area contributed by atoms with Crippen LogP contribution in [0.3, 0.4) is 0 Å². The van der Waals surface area contributed by atoms with Crippen molar-refractivity contribution in [2.45, 2.75) is 0 Å². The summed E-state index contributed by atoms with van der Waals surface area (Å²) in [6, 6.07) is 4.84. The van der Waals surface area contributed by atoms with E-state index in [1.165, 1.54) is 12.1 Å². The van der Waals surface area contributed by atoms with E-state index in [9.17, 15) is 0 Å². The summed E-state index contributed by atoms with van der Waals surface area (Å²) in [5, 5.41) is 12.4. The van der Waals surface area contributed by atoms with Gasteiger partial charge in [-0.1, -0.05) is 16.7 Å². The maximum atomic E-state index is 8.66. The Morgan fingerprint density at radius 2 is 2.31 bits per heavy atom. The van der Waals surface area contributed by atoms with Gasteiger partial charge in [0.15, 0.2) is 0 Å². The number of nitrogens with zero attached hydrogens (tertiary/aromatic N) is 4. The van der Waals surface area contributed by atoms with Crippen LogP contribution in [0.25, 0.3) is 10.4 Å². The second-order valence-electron chi connectivity index (χ2n) is 2.08. The SMILES string of the molecule is N#Cc1cc(Br)c(Cl)cc1N=[N+]=[N-]. The normalized spacial score (nSPS) is 8.69. The molecule has 0 aliphatic heterocycles. The number of hydrogen-bond acceptors (Lipinski definition) is 2. The zero-order valence-electron chi connectivity index (χ0n) is 6.20. The average molecular weight is 257 g/mol. The van der Waals surface area contributed by atoms with Crippen molar-refractivity contribution < 1.29 is 0 Å². The van der Waals surface area contributed by atoms with Crippen molar-refractivity contribution in [1.29, 1.82) is 5.26 Å². The van der Waals surface area contributed by atoms with Gasteiger partial charge in [0.05, 0.1) is 22.3 Å². The van der Waals surface area contributed by atoms with Crippen molar-refractivity contribution in [3.05, 3.63) is 37.6 Å². The number of nitriles is 1. The highest BCUT2D eigenvalue weighted by atomic mass is 79.9. The zero-order valence-corrected chi connectivity index (χ0v) is 8.54. The van der Waals surface area contributed by atoms with Crippen LogP contribution in [0.5, 0.6) is 0 Å². The van der Waals surface area contributed by atoms with E-state index < -0.39 is 0 Å². The van der Waals surface area contributed by atoms with Crippen LogP contribution in [0.1, 0.15) is 5.56 Å². The van der Waals surface area contributed by atoms with Gasteiger partial charge in [0.25, 0.3) is 0 Å². The largest absolute Gasteiger partial charge is 0.192 e. The Balaban J connectivity index is 3.43. The minimum Gasteiger partial charge on any atom is -0.192 e. The number of azide groups is 1. The molecule has 1 aromatic rings. The summed E-state index contributed by atoms with van der Waals surface area (Å²) < 4.78 is 0.600. The Morgan fingerprint density at radius 3 is 2.85 bits per heavy atom. The molecule has 0 heterocycles. The van der Waals surface area contributed by atoms with Crippen LogP contribution in [-0.2, 0) is 0 Å². The van der Waals surface area contributed by atoms with Crippen LogP contribution in [-0.4, -0.2) is 0 Å². The molecule has 4 nitrogen and oxygen atoms in total. The standard InChI is InChI=1S/C7H2BrClN4/c8-5-1-4(3-10)7(12-13-11)2-6(5)9/h1-2H. The monoisotopic (exact) mass is 256 g/mol. The van der Waals surface area contributed by atoms with Crippen LogP contribution in [0.2, 0.25) is 5.02 Å². The Bertz CT molecular complexity index is 431. The van der Waals surface area contributed by atoms with Gasteiger partial charge in [0.2, 0.25) is 0 Å². The lowest BCUT2D eigenvalue weighted by molar-refractivity contribution is 1.41. The summed E-state index contributed by atoms with van der Waals surface area (Å²) in [7, 11) is 0. The molecule has 13 heavy (non-hydrogen) atoms. The molecule has 6 heteroatoms. The second kappa shape index (κ2) is 4.15. The smallest absolute Gasteiger partial charge is 0.0996 e. The molecule has 0 amide bonds. The van der Waals surface area contributed by atoms with E-state index in [4.69, 9.17) is 22.4 Å². The van der Waals surface area contributed by atoms with Crippen LogP contribution >= 0.6 is 27.5 Å². The number of benzene rings is 1. The van der Waals surface area contributed by atoms with Crippen LogP contribution in [0.15, 0.2) is 21.7 Å². The number of halogens is 2. The predicted molar refractivity (Wildman–Crippen MR) is 52.7 cm³/mol. The van der Waals surface area contributed by atoms with Crippen LogP contribution in [0.4, 0.5) is 5.69 Å². The van der Waals surface area contributed by atoms with Gasteiger partial charge >= 0.3 is 0 Å². The first-order valence-corrected chi connectivity index (χ1v) is 4.30. The van der Waals surface area contributed by atoms with Crippen molar-refractivity contribution >= 4 is 33.2 Å². The highest BCUT2D eigenvalue weighted by Crippen LogP contribution is 2.30. The molecule has 0 saturated heterocycles. The fourth-order valence-corrected chi connectivity index (χ4v) is 1.26. The lowest BCUT2D eigenvalue weighted by Crippen LogP contribution is -1.77. The van der Waals surface area contributed by atoms with Crippen molar-refractivity contribution in [3.8, 4) is 6.07 Å². The molecule has 0 aliphatic carbocycles. The molecular formula is C7H2BrClN4. The summed E-state index contributed by atoms with van der Waals surface area (Å²) in [6.07, 6.45) is 0. The zero-order chi connectivity index (χ0) is 9.84. The molecule has 0 aliphatic rings. The van der Waals surface area contributed by atoms with Gasteiger partial charge in [-0.15, -0.1) is 0 Å². The number of rotatable bonds is 1. The van der Waals surface area contributed by atoms with E-state index in [1.807, 2.05) is 6.07 Å². The fraction of sp³-hybridized carbons (Fsp3) is 0. The summed E-state index contributed by atoms with van der Waals surface area (Å²) in [6.45, 7) is 0. The van der Waals surface area contributed by atoms with Crippen molar-refractivity contribution in [2.75, 3.05) is 0 Å². The lowest BCUT2D eigenvalue weighted by Gasteiger charge is -1.99. The maximum absolute atomic E-state index is 8.66. The molecule has 0 atom stereocenters. The first-order valence-electron chi connectivity index (χ1n) is 3.13. The molecule has 0 saturated carbocycles. The lowest BCUT2D eigenvalue weighted by atomic mass is 10.2. The Hall–Kier alpha value is -1.21. The van der Waals surface area contributed by atoms with E-state index >= 15 is 0 Å². The molecule has 0 spiro atoms. The average Bonchev–Trinajstić information content (AvgIpc) is 2.11. The van der Waals surface area contributed by atoms with Crippen LogP contribution < -0.4 is 0 Å². The Kier molecular flexibility index (Phi) is 3.15. The van der Waals surface area contributed by atoms with E-state index in [-0.39, 0.29) is 11.3 Å². The topological polar surface area (TPSA) is 72.5 Å². The molecule has 64 valence electrons. The van der Waals surface area contributed by atoms with Gasteiger partial charge in [-0.3, -0.25) is 0 Å². The summed E-state index contributed by atoms with van der Waals surface area (Å²) in [5.74, 6) is 0. The van der Waals surface area contributed by atoms with E-state index in [0.29, 0.717) is 9.50 Å². The van der Waals surface area contributed by atoms with Crippen molar-refractivity contribution in [3.63, 3.8) is 0 Å². The molecular weight excluding hydrogens is 255 g/mol. The van der Waals surface area contributed by atoms with E-state index in [1.54, 1.807) is 0 Å². The predicted octanol–water partition coefficient (Wildman–Crippen LogP) is 3.92. The maximum Gasteiger partial charge on any atom is 0.0996 e. The summed E-state index contributed by atoms with van der Waals surface area (Å²) >= 11 is 8.89. The summed E-state index contributed by atoms with van der Waals surface area (Å²) in [5.41, 5.74) is 8.71. The van der Waals surface area contributed by atoms with Gasteiger partial charge in [-0.2, -0.15) is 5.26 Å². The summed E-state index contributed by atoms with van der Waals surface area (Å²) in [4.78, 5) is 2.59. The molecule has 0 fully saturated rings. The molecule has 1 aromatic carbocycles. The first kappa shape index (κ1) is 9.87. The third-order valence-electron chi connectivity index (χ3n) is 1.31. The van der Waals surface area contributed by atoms with Gasteiger partial charge in [-0.25, -0.2) is 0 Å². The highest BCUT2D eigenvalue weighted by Gasteiger charge is 2.04. The van der Waals surface area contributed by atoms with Crippen molar-refractivity contribution in [1.82, 2.24) is 0 Å². The third-order valence-corrected chi connectivity index (χ3v) is 2.51. The molecule has 0 aromatic heterocycles. The van der Waals surface area contributed by atoms with Gasteiger partial charge in [0, 0.05) is 9.38 Å². The minimum atomic E-state index is 0.234. The Labute approximate surface area is 87.5 Å². The number of hydrogen-bond donors (Lipinski definition) is 0. The molecule has 1 rings (SSSR count). The first-order chi connectivity index (χ1) is 6.19. The van der Waals surface area contributed by atoms with E-state index in [0.717, 1.165) is 0 Å². The van der Waals surface area contributed by atoms with Gasteiger partial charge in [-0.05, 0) is 33.6 Å². The Morgan fingerprint density at radius 1 is 1.62 bits per heavy atom. The van der Waals surface area contributed by atoms with E-state index in [2.05, 4.69) is 26.0 Å². The quantitative estimate of drug-likeness (QED) is 0.427. The second-order valence-corrected chi connectivity index (χ2v) is 3.35. The molecule has 0 bridgehead atoms. The van der Waals surface area contributed by atoms with Gasteiger partial charge in [0.1, 0.15) is 0 Å².